The monoisotopic (exact) mass is 481 g/mol. The van der Waals surface area contributed by atoms with E-state index in [0.29, 0.717) is 26.8 Å². The number of rotatable bonds is 5. The molecule has 1 heterocycles. The predicted octanol–water partition coefficient (Wildman–Crippen LogP) is 5.89. The summed E-state index contributed by atoms with van der Waals surface area (Å²) in [6.45, 7) is 2.05. The minimum Gasteiger partial charge on any atom is -0.507 e. The molecule has 0 unspecified atom stereocenters. The van der Waals surface area contributed by atoms with Crippen molar-refractivity contribution in [2.45, 2.75) is 13.3 Å². The number of aromatic hydroxyl groups is 2. The van der Waals surface area contributed by atoms with Gasteiger partial charge in [0.2, 0.25) is 11.6 Å². The molecule has 2 N–H and O–H groups in total. The van der Waals surface area contributed by atoms with E-state index < -0.39 is 16.4 Å². The molecule has 31 heavy (non-hydrogen) atoms. The molecule has 0 fully saturated rings. The summed E-state index contributed by atoms with van der Waals surface area (Å²) in [4.78, 5) is 19.2. The molecule has 0 atom stereocenters. The van der Waals surface area contributed by atoms with E-state index in [-0.39, 0.29) is 17.2 Å². The van der Waals surface area contributed by atoms with Gasteiger partial charge in [-0.15, -0.1) is 0 Å². The fourth-order valence-electron chi connectivity index (χ4n) is 3.07. The van der Waals surface area contributed by atoms with Crippen molar-refractivity contribution in [3.8, 4) is 23.0 Å². The van der Waals surface area contributed by atoms with Crippen molar-refractivity contribution < 1.29 is 19.6 Å². The van der Waals surface area contributed by atoms with Gasteiger partial charge in [0.05, 0.1) is 16.2 Å². The van der Waals surface area contributed by atoms with Gasteiger partial charge < -0.3 is 14.6 Å². The van der Waals surface area contributed by atoms with Gasteiger partial charge in [-0.1, -0.05) is 28.9 Å². The number of nitrogens with zero attached hydrogens (tertiary/aromatic N) is 3. The minimum absolute atomic E-state index is 0.0258. The molecule has 0 amide bonds. The number of halogens is 1. The summed E-state index contributed by atoms with van der Waals surface area (Å²) in [7, 11) is 0. The van der Waals surface area contributed by atoms with Crippen molar-refractivity contribution in [2.24, 2.45) is 4.99 Å². The smallest absolute Gasteiger partial charge is 0.312 e. The van der Waals surface area contributed by atoms with Crippen LogP contribution in [-0.2, 0) is 6.42 Å². The number of aliphatic imine (C=N–C) groups is 1. The molecule has 0 aliphatic carbocycles. The highest BCUT2D eigenvalue weighted by atomic mass is 79.9. The van der Waals surface area contributed by atoms with Gasteiger partial charge in [-0.2, -0.15) is 0 Å². The second kappa shape index (κ2) is 8.19. The van der Waals surface area contributed by atoms with Crippen molar-refractivity contribution in [3.63, 3.8) is 0 Å². The predicted molar refractivity (Wildman–Crippen MR) is 120 cm³/mol. The number of phenolic OH excluding ortho intramolecular Hbond substituents is 2. The molecular weight excluding hydrogens is 466 g/mol. The summed E-state index contributed by atoms with van der Waals surface area (Å²) in [6, 6.07) is 13.1. The maximum absolute atomic E-state index is 11.1. The van der Waals surface area contributed by atoms with Gasteiger partial charge in [0.1, 0.15) is 11.3 Å². The van der Waals surface area contributed by atoms with Crippen LogP contribution in [0.15, 0.2) is 62.4 Å². The molecule has 4 rings (SSSR count). The van der Waals surface area contributed by atoms with E-state index in [9.17, 15) is 20.3 Å². The summed E-state index contributed by atoms with van der Waals surface area (Å²) in [5.74, 6) is -0.262. The summed E-state index contributed by atoms with van der Waals surface area (Å²) in [5.41, 5.74) is 2.95. The second-order valence-electron chi connectivity index (χ2n) is 6.75. The van der Waals surface area contributed by atoms with Crippen LogP contribution in [0.3, 0.4) is 0 Å². The lowest BCUT2D eigenvalue weighted by Gasteiger charge is -2.03. The molecule has 0 saturated carbocycles. The van der Waals surface area contributed by atoms with Crippen LogP contribution in [0.2, 0.25) is 0 Å². The first-order valence-electron chi connectivity index (χ1n) is 9.29. The average Bonchev–Trinajstić information content (AvgIpc) is 3.17. The molecule has 0 aliphatic heterocycles. The van der Waals surface area contributed by atoms with Gasteiger partial charge in [-0.3, -0.25) is 15.1 Å². The molecule has 1 aromatic heterocycles. The number of nitro benzene ring substituents is 1. The molecule has 9 heteroatoms. The van der Waals surface area contributed by atoms with Crippen LogP contribution >= 0.6 is 15.9 Å². The first-order chi connectivity index (χ1) is 14.9. The number of aryl methyl sites for hydroxylation is 1. The quantitative estimate of drug-likeness (QED) is 0.208. The summed E-state index contributed by atoms with van der Waals surface area (Å²) < 4.78 is 6.22. The molecule has 0 aliphatic rings. The van der Waals surface area contributed by atoms with Crippen LogP contribution in [0.25, 0.3) is 22.6 Å². The Morgan fingerprint density at radius 2 is 2.00 bits per heavy atom. The molecule has 156 valence electrons. The highest BCUT2D eigenvalue weighted by Gasteiger charge is 2.18. The van der Waals surface area contributed by atoms with Gasteiger partial charge in [-0.05, 0) is 48.4 Å². The normalized spacial score (nSPS) is 11.4. The summed E-state index contributed by atoms with van der Waals surface area (Å²) in [5, 5.41) is 31.5. The van der Waals surface area contributed by atoms with E-state index in [1.165, 1.54) is 24.4 Å². The van der Waals surface area contributed by atoms with Crippen molar-refractivity contribution in [1.82, 2.24) is 4.98 Å². The lowest BCUT2D eigenvalue weighted by Crippen LogP contribution is -1.92. The van der Waals surface area contributed by atoms with Crippen LogP contribution in [0.4, 0.5) is 11.4 Å². The fourth-order valence-corrected chi connectivity index (χ4v) is 3.53. The Kier molecular flexibility index (Phi) is 5.43. The van der Waals surface area contributed by atoms with E-state index in [2.05, 4.69) is 25.9 Å². The number of fused-ring (bicyclic) bond motifs is 1. The Morgan fingerprint density at radius 3 is 2.74 bits per heavy atom. The maximum atomic E-state index is 11.1. The Morgan fingerprint density at radius 1 is 1.19 bits per heavy atom. The number of hydrogen-bond donors (Lipinski definition) is 2. The SMILES string of the molecule is CCc1ccc2oc(-c3cc(N=Cc4cc(Br)cc([N+](=O)[O-])c4O)ccc3O)nc2c1. The highest BCUT2D eigenvalue weighted by molar-refractivity contribution is 9.10. The Hall–Kier alpha value is -3.72. The van der Waals surface area contributed by atoms with Crippen molar-refractivity contribution in [1.29, 1.82) is 0 Å². The standard InChI is InChI=1S/C22H16BrN3O5/c1-2-12-3-6-20-17(7-12)25-22(31-20)16-10-15(4-5-19(16)27)24-11-13-8-14(23)9-18(21(13)28)26(29)30/h3-11,27-28H,2H2,1H3. The Balaban J connectivity index is 1.71. The third kappa shape index (κ3) is 4.13. The minimum atomic E-state index is -0.673. The van der Waals surface area contributed by atoms with Gasteiger partial charge in [0.15, 0.2) is 5.58 Å². The van der Waals surface area contributed by atoms with E-state index in [1.807, 2.05) is 25.1 Å². The van der Waals surface area contributed by atoms with Gasteiger partial charge in [0.25, 0.3) is 0 Å². The zero-order valence-electron chi connectivity index (χ0n) is 16.2. The number of oxazole rings is 1. The molecule has 0 saturated heterocycles. The second-order valence-corrected chi connectivity index (χ2v) is 7.67. The molecule has 8 nitrogen and oxygen atoms in total. The lowest BCUT2D eigenvalue weighted by molar-refractivity contribution is -0.385. The number of nitro groups is 1. The summed E-state index contributed by atoms with van der Waals surface area (Å²) >= 11 is 3.19. The number of benzene rings is 3. The lowest BCUT2D eigenvalue weighted by atomic mass is 10.1. The Labute approximate surface area is 184 Å². The van der Waals surface area contributed by atoms with Crippen LogP contribution in [0, 0.1) is 10.1 Å². The third-order valence-corrected chi connectivity index (χ3v) is 5.16. The number of aromatic nitrogens is 1. The first kappa shape index (κ1) is 20.5. The van der Waals surface area contributed by atoms with Crippen LogP contribution < -0.4 is 0 Å². The van der Waals surface area contributed by atoms with Gasteiger partial charge in [-0.25, -0.2) is 4.98 Å². The van der Waals surface area contributed by atoms with Gasteiger partial charge >= 0.3 is 5.69 Å². The molecular formula is C22H16BrN3O5. The number of phenols is 2. The van der Waals surface area contributed by atoms with Crippen molar-refractivity contribution >= 4 is 44.6 Å². The van der Waals surface area contributed by atoms with E-state index in [4.69, 9.17) is 4.42 Å². The maximum Gasteiger partial charge on any atom is 0.312 e. The van der Waals surface area contributed by atoms with Crippen molar-refractivity contribution in [3.05, 3.63) is 74.2 Å². The van der Waals surface area contributed by atoms with Crippen LogP contribution in [0.1, 0.15) is 18.1 Å². The summed E-state index contributed by atoms with van der Waals surface area (Å²) in [6.07, 6.45) is 2.18. The fraction of sp³-hybridized carbons (Fsp3) is 0.0909. The van der Waals surface area contributed by atoms with Crippen LogP contribution in [-0.4, -0.2) is 26.3 Å². The van der Waals surface area contributed by atoms with Crippen molar-refractivity contribution in [2.75, 3.05) is 0 Å². The topological polar surface area (TPSA) is 122 Å². The average molecular weight is 482 g/mol. The molecule has 0 bridgehead atoms. The van der Waals surface area contributed by atoms with Crippen LogP contribution in [0.5, 0.6) is 11.5 Å². The zero-order chi connectivity index (χ0) is 22.1. The number of hydrogen-bond acceptors (Lipinski definition) is 7. The molecule has 4 aromatic rings. The van der Waals surface area contributed by atoms with E-state index in [1.54, 1.807) is 12.1 Å². The molecule has 0 spiro atoms. The Bertz CT molecular complexity index is 1350. The third-order valence-electron chi connectivity index (χ3n) is 4.70. The van der Waals surface area contributed by atoms with E-state index in [0.717, 1.165) is 12.0 Å². The molecule has 3 aromatic carbocycles. The van der Waals surface area contributed by atoms with E-state index >= 15 is 0 Å². The first-order valence-corrected chi connectivity index (χ1v) is 10.1. The highest BCUT2D eigenvalue weighted by Crippen LogP contribution is 2.35. The molecule has 0 radical (unpaired) electrons. The zero-order valence-corrected chi connectivity index (χ0v) is 17.8. The van der Waals surface area contributed by atoms with Gasteiger partial charge in [0, 0.05) is 22.3 Å². The largest absolute Gasteiger partial charge is 0.507 e.